The van der Waals surface area contributed by atoms with Gasteiger partial charge in [-0.25, -0.2) is 0 Å². The average molecular weight is 218 g/mol. The first-order valence-corrected chi connectivity index (χ1v) is 5.44. The Morgan fingerprint density at radius 2 is 2.06 bits per heavy atom. The summed E-state index contributed by atoms with van der Waals surface area (Å²) in [5.41, 5.74) is 0.950. The summed E-state index contributed by atoms with van der Waals surface area (Å²) >= 11 is 0. The van der Waals surface area contributed by atoms with Crippen molar-refractivity contribution in [1.82, 2.24) is 0 Å². The van der Waals surface area contributed by atoms with Crippen molar-refractivity contribution in [3.05, 3.63) is 35.9 Å². The van der Waals surface area contributed by atoms with E-state index in [4.69, 9.17) is 4.74 Å². The van der Waals surface area contributed by atoms with Gasteiger partial charge in [-0.05, 0) is 5.56 Å². The summed E-state index contributed by atoms with van der Waals surface area (Å²) < 4.78 is 5.17. The number of Topliss-reactive ketones (excluding diaryl/α,β-unsaturated/α-hetero) is 2. The normalized spacial score (nSPS) is 20.8. The highest BCUT2D eigenvalue weighted by atomic mass is 16.5. The van der Waals surface area contributed by atoms with Crippen LogP contribution in [-0.4, -0.2) is 24.8 Å². The van der Waals surface area contributed by atoms with Gasteiger partial charge in [-0.3, -0.25) is 9.59 Å². The van der Waals surface area contributed by atoms with Crippen molar-refractivity contribution in [2.24, 2.45) is 5.92 Å². The fraction of sp³-hybridized carbons (Fsp3) is 0.385. The van der Waals surface area contributed by atoms with Crippen LogP contribution >= 0.6 is 0 Å². The van der Waals surface area contributed by atoms with E-state index in [1.54, 1.807) is 0 Å². The second-order valence-electron chi connectivity index (χ2n) is 3.97. The molecule has 16 heavy (non-hydrogen) atoms. The third-order valence-electron chi connectivity index (χ3n) is 2.78. The van der Waals surface area contributed by atoms with Crippen LogP contribution in [0.2, 0.25) is 0 Å². The molecule has 0 spiro atoms. The summed E-state index contributed by atoms with van der Waals surface area (Å²) in [6, 6.07) is 9.48. The van der Waals surface area contributed by atoms with E-state index in [9.17, 15) is 9.59 Å². The van der Waals surface area contributed by atoms with E-state index >= 15 is 0 Å². The minimum Gasteiger partial charge on any atom is -0.380 e. The van der Waals surface area contributed by atoms with Crippen molar-refractivity contribution in [2.75, 3.05) is 13.2 Å². The largest absolute Gasteiger partial charge is 0.380 e. The van der Waals surface area contributed by atoms with Crippen LogP contribution in [0.1, 0.15) is 12.0 Å². The number of ketones is 2. The number of benzene rings is 1. The summed E-state index contributed by atoms with van der Waals surface area (Å²) in [4.78, 5) is 23.4. The maximum Gasteiger partial charge on any atom is 0.150 e. The molecule has 0 radical (unpaired) electrons. The zero-order valence-electron chi connectivity index (χ0n) is 9.02. The number of ether oxygens (including phenoxy) is 1. The van der Waals surface area contributed by atoms with Crippen LogP contribution in [0, 0.1) is 5.92 Å². The van der Waals surface area contributed by atoms with Gasteiger partial charge in [0.25, 0.3) is 0 Å². The molecule has 1 aromatic carbocycles. The van der Waals surface area contributed by atoms with Gasteiger partial charge in [0.2, 0.25) is 0 Å². The molecule has 0 aromatic heterocycles. The Bertz CT molecular complexity index is 383. The van der Waals surface area contributed by atoms with E-state index in [-0.39, 0.29) is 18.2 Å². The summed E-state index contributed by atoms with van der Waals surface area (Å²) in [5.74, 6) is -0.558. The van der Waals surface area contributed by atoms with Gasteiger partial charge in [-0.2, -0.15) is 0 Å². The second-order valence-corrected chi connectivity index (χ2v) is 3.97. The third kappa shape index (κ3) is 2.55. The highest BCUT2D eigenvalue weighted by molar-refractivity contribution is 6.03. The molecule has 1 saturated heterocycles. The predicted octanol–water partition coefficient (Wildman–Crippen LogP) is 1.40. The van der Waals surface area contributed by atoms with Gasteiger partial charge in [0, 0.05) is 12.8 Å². The monoisotopic (exact) mass is 218 g/mol. The summed E-state index contributed by atoms with van der Waals surface area (Å²) in [6.07, 6.45) is 0.686. The van der Waals surface area contributed by atoms with Crippen molar-refractivity contribution in [1.29, 1.82) is 0 Å². The van der Waals surface area contributed by atoms with E-state index in [0.29, 0.717) is 19.4 Å². The van der Waals surface area contributed by atoms with E-state index in [0.717, 1.165) is 5.56 Å². The molecular formula is C13H14O3. The molecule has 1 unspecified atom stereocenters. The highest BCUT2D eigenvalue weighted by Gasteiger charge is 2.29. The van der Waals surface area contributed by atoms with E-state index < -0.39 is 5.92 Å². The molecule has 1 aromatic rings. The fourth-order valence-corrected chi connectivity index (χ4v) is 1.83. The zero-order chi connectivity index (χ0) is 11.4. The van der Waals surface area contributed by atoms with Gasteiger partial charge in [-0.1, -0.05) is 30.3 Å². The lowest BCUT2D eigenvalue weighted by Crippen LogP contribution is -2.34. The zero-order valence-corrected chi connectivity index (χ0v) is 9.02. The van der Waals surface area contributed by atoms with E-state index in [1.165, 1.54) is 0 Å². The molecule has 0 N–H and O–H groups in total. The number of rotatable bonds is 3. The first-order chi connectivity index (χ1) is 7.77. The Balaban J connectivity index is 2.00. The Kier molecular flexibility index (Phi) is 3.47. The van der Waals surface area contributed by atoms with Crippen molar-refractivity contribution >= 4 is 11.6 Å². The van der Waals surface area contributed by atoms with Gasteiger partial charge in [0.1, 0.15) is 11.6 Å². The van der Waals surface area contributed by atoms with Crippen molar-refractivity contribution < 1.29 is 14.3 Å². The van der Waals surface area contributed by atoms with Gasteiger partial charge in [0.05, 0.1) is 19.1 Å². The van der Waals surface area contributed by atoms with Crippen LogP contribution in [0.3, 0.4) is 0 Å². The first kappa shape index (κ1) is 11.0. The molecule has 0 bridgehead atoms. The average Bonchev–Trinajstić information content (AvgIpc) is 2.31. The molecular weight excluding hydrogens is 204 g/mol. The summed E-state index contributed by atoms with van der Waals surface area (Å²) in [5, 5.41) is 0. The number of carbonyl (C=O) groups is 2. The SMILES string of the molecule is O=C1CCOCC1C(=O)Cc1ccccc1. The molecule has 1 fully saturated rings. The molecule has 0 amide bonds. The van der Waals surface area contributed by atoms with E-state index in [2.05, 4.69) is 0 Å². The van der Waals surface area contributed by atoms with Crippen molar-refractivity contribution in [2.45, 2.75) is 12.8 Å². The maximum absolute atomic E-state index is 11.9. The smallest absolute Gasteiger partial charge is 0.150 e. The Labute approximate surface area is 94.4 Å². The lowest BCUT2D eigenvalue weighted by molar-refractivity contribution is -0.139. The van der Waals surface area contributed by atoms with Crippen molar-refractivity contribution in [3.63, 3.8) is 0 Å². The highest BCUT2D eigenvalue weighted by Crippen LogP contribution is 2.13. The van der Waals surface area contributed by atoms with Crippen LogP contribution in [0.5, 0.6) is 0 Å². The molecule has 3 nitrogen and oxygen atoms in total. The topological polar surface area (TPSA) is 43.4 Å². The van der Waals surface area contributed by atoms with Crippen LogP contribution in [0.4, 0.5) is 0 Å². The molecule has 1 heterocycles. The lowest BCUT2D eigenvalue weighted by atomic mass is 9.92. The summed E-state index contributed by atoms with van der Waals surface area (Å²) in [7, 11) is 0. The van der Waals surface area contributed by atoms with Crippen LogP contribution in [-0.2, 0) is 20.7 Å². The molecule has 0 saturated carbocycles. The number of hydrogen-bond donors (Lipinski definition) is 0. The third-order valence-corrected chi connectivity index (χ3v) is 2.78. The molecule has 84 valence electrons. The molecule has 1 aliphatic rings. The van der Waals surface area contributed by atoms with Crippen LogP contribution < -0.4 is 0 Å². The Morgan fingerprint density at radius 1 is 1.31 bits per heavy atom. The van der Waals surface area contributed by atoms with E-state index in [1.807, 2.05) is 30.3 Å². The van der Waals surface area contributed by atoms with Gasteiger partial charge in [-0.15, -0.1) is 0 Å². The number of carbonyl (C=O) groups excluding carboxylic acids is 2. The summed E-state index contributed by atoms with van der Waals surface area (Å²) in [6.45, 7) is 0.707. The van der Waals surface area contributed by atoms with Crippen molar-refractivity contribution in [3.8, 4) is 0 Å². The quantitative estimate of drug-likeness (QED) is 0.720. The Morgan fingerprint density at radius 3 is 2.75 bits per heavy atom. The molecule has 2 rings (SSSR count). The second kappa shape index (κ2) is 5.03. The molecule has 1 aliphatic heterocycles. The minimum absolute atomic E-state index is 0.0205. The van der Waals surface area contributed by atoms with Gasteiger partial charge in [0.15, 0.2) is 0 Å². The van der Waals surface area contributed by atoms with Crippen LogP contribution in [0.15, 0.2) is 30.3 Å². The predicted molar refractivity (Wildman–Crippen MR) is 59.1 cm³/mol. The van der Waals surface area contributed by atoms with Crippen LogP contribution in [0.25, 0.3) is 0 Å². The van der Waals surface area contributed by atoms with Gasteiger partial charge < -0.3 is 4.74 Å². The van der Waals surface area contributed by atoms with Gasteiger partial charge >= 0.3 is 0 Å². The molecule has 0 aliphatic carbocycles. The molecule has 1 atom stereocenters. The fourth-order valence-electron chi connectivity index (χ4n) is 1.83. The maximum atomic E-state index is 11.9. The standard InChI is InChI=1S/C13H14O3/c14-12-6-7-16-9-11(12)13(15)8-10-4-2-1-3-5-10/h1-5,11H,6-9H2. The Hall–Kier alpha value is -1.48. The molecule has 3 heteroatoms. The lowest BCUT2D eigenvalue weighted by Gasteiger charge is -2.19. The first-order valence-electron chi connectivity index (χ1n) is 5.44. The number of hydrogen-bond acceptors (Lipinski definition) is 3. The minimum atomic E-state index is -0.547.